The molecular weight excluding hydrogens is 531 g/mol. The second-order valence-electron chi connectivity index (χ2n) is 8.72. The van der Waals surface area contributed by atoms with E-state index in [9.17, 15) is 4.79 Å². The van der Waals surface area contributed by atoms with Crippen LogP contribution in [-0.2, 0) is 4.79 Å². The molecule has 0 fully saturated rings. The van der Waals surface area contributed by atoms with E-state index in [4.69, 9.17) is 4.74 Å². The zero-order valence-electron chi connectivity index (χ0n) is 20.5. The van der Waals surface area contributed by atoms with Crippen molar-refractivity contribution < 1.29 is 9.53 Å². The normalized spacial score (nSPS) is 15.0. The summed E-state index contributed by atoms with van der Waals surface area (Å²) < 4.78 is 8.43. The van der Waals surface area contributed by atoms with E-state index in [0.717, 1.165) is 42.1 Å². The molecule has 6 rings (SSSR count). The minimum absolute atomic E-state index is 0.0870. The third kappa shape index (κ3) is 5.03. The van der Waals surface area contributed by atoms with E-state index in [0.29, 0.717) is 0 Å². The maximum absolute atomic E-state index is 12.7. The Morgan fingerprint density at radius 1 is 1.03 bits per heavy atom. The number of aromatic nitrogens is 1. The van der Waals surface area contributed by atoms with Crippen LogP contribution in [0.4, 0.5) is 0 Å². The van der Waals surface area contributed by atoms with Gasteiger partial charge in [-0.3, -0.25) is 4.79 Å². The Hall–Kier alpha value is -3.72. The number of thiophene rings is 1. The number of amides is 1. The number of hydrogen-bond acceptors (Lipinski definition) is 7. The number of benzene rings is 3. The van der Waals surface area contributed by atoms with E-state index in [1.165, 1.54) is 22.9 Å². The molecule has 188 valence electrons. The van der Waals surface area contributed by atoms with Crippen molar-refractivity contribution in [2.24, 2.45) is 5.10 Å². The van der Waals surface area contributed by atoms with Gasteiger partial charge in [0, 0.05) is 17.1 Å². The number of thioether (sulfide) groups is 1. The molecule has 1 amide bonds. The highest BCUT2D eigenvalue weighted by Gasteiger charge is 2.32. The highest BCUT2D eigenvalue weighted by molar-refractivity contribution is 8.01. The van der Waals surface area contributed by atoms with Gasteiger partial charge < -0.3 is 4.74 Å². The van der Waals surface area contributed by atoms with Gasteiger partial charge in [-0.15, -0.1) is 22.7 Å². The number of aryl methyl sites for hydroxylation is 1. The van der Waals surface area contributed by atoms with Gasteiger partial charge >= 0.3 is 0 Å². The van der Waals surface area contributed by atoms with E-state index >= 15 is 0 Å². The number of carbonyl (C=O) groups excluding carboxylic acids is 1. The second kappa shape index (κ2) is 10.9. The second-order valence-corrected chi connectivity index (χ2v) is 11.9. The van der Waals surface area contributed by atoms with Crippen LogP contribution in [-0.4, -0.2) is 22.9 Å². The van der Waals surface area contributed by atoms with Gasteiger partial charge in [0.25, 0.3) is 5.91 Å². The summed E-state index contributed by atoms with van der Waals surface area (Å²) in [7, 11) is 0. The number of rotatable bonds is 7. The summed E-state index contributed by atoms with van der Waals surface area (Å²) in [4.78, 5) is 18.3. The Bertz CT molecular complexity index is 1640. The third-order valence-corrected chi connectivity index (χ3v) is 9.30. The van der Waals surface area contributed by atoms with Gasteiger partial charge in [-0.2, -0.15) is 5.10 Å². The number of fused-ring (bicyclic) bond motifs is 2. The number of thiazole rings is 1. The number of nitrogens with one attached hydrogen (secondary N) is 1. The number of carbonyl (C=O) groups is 1. The monoisotopic (exact) mass is 553 g/mol. The van der Waals surface area contributed by atoms with Gasteiger partial charge in [-0.25, -0.2) is 10.4 Å². The summed E-state index contributed by atoms with van der Waals surface area (Å²) in [6.45, 7) is 2.12. The molecule has 0 spiro atoms. The Kier molecular flexibility index (Phi) is 7.09. The molecule has 0 radical (unpaired) electrons. The summed E-state index contributed by atoms with van der Waals surface area (Å²) in [6, 6.07) is 28.5. The van der Waals surface area contributed by atoms with E-state index in [2.05, 4.69) is 46.7 Å². The number of para-hydroxylation sites is 2. The van der Waals surface area contributed by atoms with Crippen molar-refractivity contribution in [3.63, 3.8) is 0 Å². The largest absolute Gasteiger partial charge is 0.455 e. The van der Waals surface area contributed by atoms with Gasteiger partial charge in [0.15, 0.2) is 4.34 Å². The van der Waals surface area contributed by atoms with Gasteiger partial charge in [-0.05, 0) is 47.7 Å². The zero-order chi connectivity index (χ0) is 25.9. The predicted molar refractivity (Wildman–Crippen MR) is 158 cm³/mol. The first-order valence-electron chi connectivity index (χ1n) is 12.1. The van der Waals surface area contributed by atoms with E-state index in [1.807, 2.05) is 66.0 Å². The maximum Gasteiger partial charge on any atom is 0.250 e. The first-order chi connectivity index (χ1) is 18.7. The van der Waals surface area contributed by atoms with E-state index in [1.54, 1.807) is 28.9 Å². The van der Waals surface area contributed by atoms with Crippen molar-refractivity contribution in [1.82, 2.24) is 10.4 Å². The van der Waals surface area contributed by atoms with Crippen LogP contribution in [0, 0.1) is 6.92 Å². The summed E-state index contributed by atoms with van der Waals surface area (Å²) in [6.07, 6.45) is 1.74. The zero-order valence-corrected chi connectivity index (χ0v) is 22.9. The van der Waals surface area contributed by atoms with Crippen LogP contribution in [0.5, 0.6) is 5.75 Å². The summed E-state index contributed by atoms with van der Waals surface area (Å²) in [5.74, 6) is 1.55. The lowest BCUT2D eigenvalue weighted by Gasteiger charge is -2.30. The Balaban J connectivity index is 1.28. The van der Waals surface area contributed by atoms with E-state index < -0.39 is 0 Å². The molecule has 2 aromatic heterocycles. The van der Waals surface area contributed by atoms with Gasteiger partial charge in [0.05, 0.1) is 27.1 Å². The minimum Gasteiger partial charge on any atom is -0.455 e. The summed E-state index contributed by atoms with van der Waals surface area (Å²) in [5.41, 5.74) is 7.99. The fraction of sp³-hybridized carbons (Fsp3) is 0.100. The lowest BCUT2D eigenvalue weighted by atomic mass is 9.80. The van der Waals surface area contributed by atoms with Crippen molar-refractivity contribution >= 4 is 62.5 Å². The van der Waals surface area contributed by atoms with Gasteiger partial charge in [0.1, 0.15) is 11.5 Å². The van der Waals surface area contributed by atoms with E-state index in [-0.39, 0.29) is 17.6 Å². The molecule has 3 aromatic carbocycles. The lowest BCUT2D eigenvalue weighted by molar-refractivity contribution is -0.118. The minimum atomic E-state index is -0.187. The van der Waals surface area contributed by atoms with Crippen LogP contribution in [0.25, 0.3) is 16.0 Å². The molecule has 5 nitrogen and oxygen atoms in total. The Morgan fingerprint density at radius 2 is 1.82 bits per heavy atom. The van der Waals surface area contributed by atoms with Gasteiger partial charge in [-0.1, -0.05) is 72.4 Å². The molecule has 38 heavy (non-hydrogen) atoms. The molecule has 0 aliphatic carbocycles. The Labute approximate surface area is 232 Å². The first kappa shape index (κ1) is 24.6. The number of nitrogens with zero attached hydrogens (tertiary/aromatic N) is 2. The van der Waals surface area contributed by atoms with Crippen LogP contribution < -0.4 is 10.2 Å². The van der Waals surface area contributed by atoms with Gasteiger partial charge in [0.2, 0.25) is 0 Å². The number of hydrazone groups is 1. The van der Waals surface area contributed by atoms with Crippen LogP contribution in [0.15, 0.2) is 105 Å². The fourth-order valence-corrected chi connectivity index (χ4v) is 7.09. The average molecular weight is 554 g/mol. The van der Waals surface area contributed by atoms with Crippen molar-refractivity contribution in [2.45, 2.75) is 17.2 Å². The number of hydrogen-bond donors (Lipinski definition) is 1. The molecule has 0 saturated heterocycles. The third-order valence-electron chi connectivity index (χ3n) is 6.25. The molecule has 3 heterocycles. The molecular formula is C30H23N3O2S3. The van der Waals surface area contributed by atoms with Crippen molar-refractivity contribution in [1.29, 1.82) is 0 Å². The predicted octanol–water partition coefficient (Wildman–Crippen LogP) is 7.50. The summed E-state index contributed by atoms with van der Waals surface area (Å²) >= 11 is 4.62. The molecule has 1 atom stereocenters. The fourth-order valence-electron chi connectivity index (χ4n) is 4.50. The highest BCUT2D eigenvalue weighted by atomic mass is 32.2. The number of allylic oxidation sites excluding steroid dienone is 1. The van der Waals surface area contributed by atoms with Crippen LogP contribution in [0.2, 0.25) is 0 Å². The quantitative estimate of drug-likeness (QED) is 0.129. The molecule has 8 heteroatoms. The maximum atomic E-state index is 12.7. The molecule has 1 aliphatic rings. The molecule has 1 aliphatic heterocycles. The van der Waals surface area contributed by atoms with Crippen molar-refractivity contribution in [3.8, 4) is 5.75 Å². The van der Waals surface area contributed by atoms with Crippen LogP contribution in [0.3, 0.4) is 0 Å². The molecule has 0 unspecified atom stereocenters. The highest BCUT2D eigenvalue weighted by Crippen LogP contribution is 2.46. The average Bonchev–Trinajstić information content (AvgIpc) is 3.62. The van der Waals surface area contributed by atoms with Crippen molar-refractivity contribution in [2.75, 3.05) is 5.75 Å². The lowest BCUT2D eigenvalue weighted by Crippen LogP contribution is -2.22. The molecule has 5 aromatic rings. The molecule has 0 saturated carbocycles. The smallest absolute Gasteiger partial charge is 0.250 e. The van der Waals surface area contributed by atoms with Crippen LogP contribution in [0.1, 0.15) is 27.5 Å². The number of ether oxygens (including phenoxy) is 1. The SMILES string of the molecule is Cc1ccccc1[C@H]1C(/C=N\NC(=O)CSc2nc3ccccc3s2)=C(c2cccs2)Oc2ccccc21. The van der Waals surface area contributed by atoms with Crippen molar-refractivity contribution in [3.05, 3.63) is 117 Å². The molecule has 0 bridgehead atoms. The topological polar surface area (TPSA) is 63.6 Å². The first-order valence-corrected chi connectivity index (χ1v) is 14.8. The Morgan fingerprint density at radius 3 is 2.63 bits per heavy atom. The summed E-state index contributed by atoms with van der Waals surface area (Å²) in [5, 5.41) is 6.43. The molecule has 1 N–H and O–H groups in total. The van der Waals surface area contributed by atoms with Crippen LogP contribution >= 0.6 is 34.4 Å². The standard InChI is InChI=1S/C30H23N3O2S3/c1-19-9-2-3-10-20(19)28-21-11-4-6-13-24(21)35-29(26-15-8-16-36-26)22(28)17-31-33-27(34)18-37-30-32-23-12-5-7-14-25(23)38-30/h2-17,28H,18H2,1H3,(H,33,34)/b31-17-/t28-/m1/s1.